The molecular weight excluding hydrogens is 312 g/mol. The molecule has 18 heavy (non-hydrogen) atoms. The zero-order valence-corrected chi connectivity index (χ0v) is 12.3. The van der Waals surface area contributed by atoms with Gasteiger partial charge in [-0.1, -0.05) is 13.0 Å². The van der Waals surface area contributed by atoms with Crippen molar-refractivity contribution in [2.45, 2.75) is 23.4 Å². The van der Waals surface area contributed by atoms with Gasteiger partial charge in [0.05, 0.1) is 4.47 Å². The summed E-state index contributed by atoms with van der Waals surface area (Å²) in [5.74, 6) is 0.824. The van der Waals surface area contributed by atoms with Crippen molar-refractivity contribution < 1.29 is 0 Å². The van der Waals surface area contributed by atoms with Crippen molar-refractivity contribution in [3.63, 3.8) is 0 Å². The van der Waals surface area contributed by atoms with Crippen LogP contribution in [0.3, 0.4) is 0 Å². The lowest BCUT2D eigenvalue weighted by atomic mass is 10.4. The van der Waals surface area contributed by atoms with Gasteiger partial charge in [0.1, 0.15) is 22.2 Å². The van der Waals surface area contributed by atoms with Crippen LogP contribution in [0, 0.1) is 0 Å². The molecular formula is C12H13BrN4S. The first-order valence-electron chi connectivity index (χ1n) is 5.64. The van der Waals surface area contributed by atoms with Gasteiger partial charge in [0, 0.05) is 12.7 Å². The molecule has 4 nitrogen and oxygen atoms in total. The fraction of sp³-hybridized carbons (Fsp3) is 0.250. The number of rotatable bonds is 5. The summed E-state index contributed by atoms with van der Waals surface area (Å²) in [6.07, 6.45) is 4.39. The van der Waals surface area contributed by atoms with E-state index >= 15 is 0 Å². The number of hydrogen-bond acceptors (Lipinski definition) is 5. The number of anilines is 1. The Morgan fingerprint density at radius 3 is 2.89 bits per heavy atom. The Bertz CT molecular complexity index is 507. The number of halogens is 1. The normalized spacial score (nSPS) is 10.3. The van der Waals surface area contributed by atoms with Crippen LogP contribution in [-0.2, 0) is 0 Å². The zero-order valence-electron chi connectivity index (χ0n) is 9.93. The van der Waals surface area contributed by atoms with Crippen LogP contribution in [-0.4, -0.2) is 21.5 Å². The highest BCUT2D eigenvalue weighted by molar-refractivity contribution is 9.10. The van der Waals surface area contributed by atoms with E-state index in [0.717, 1.165) is 33.3 Å². The topological polar surface area (TPSA) is 50.7 Å². The average molecular weight is 325 g/mol. The van der Waals surface area contributed by atoms with E-state index in [4.69, 9.17) is 0 Å². The number of nitrogens with one attached hydrogen (secondary N) is 1. The summed E-state index contributed by atoms with van der Waals surface area (Å²) in [5.41, 5.74) is 0. The summed E-state index contributed by atoms with van der Waals surface area (Å²) >= 11 is 5.05. The molecule has 0 radical (unpaired) electrons. The standard InChI is InChI=1S/C12H13BrN4S/c1-2-6-15-11-10(13)12(17-8-16-11)18-9-5-3-4-7-14-9/h3-5,7-8H,2,6H2,1H3,(H,15,16,17). The average Bonchev–Trinajstić information content (AvgIpc) is 2.41. The molecule has 0 aliphatic heterocycles. The van der Waals surface area contributed by atoms with Crippen molar-refractivity contribution in [2.75, 3.05) is 11.9 Å². The van der Waals surface area contributed by atoms with Crippen molar-refractivity contribution in [3.05, 3.63) is 35.2 Å². The first kappa shape index (κ1) is 13.3. The fourth-order valence-electron chi connectivity index (χ4n) is 1.30. The van der Waals surface area contributed by atoms with Gasteiger partial charge in [0.15, 0.2) is 0 Å². The molecule has 0 atom stereocenters. The molecule has 0 aliphatic rings. The van der Waals surface area contributed by atoms with E-state index < -0.39 is 0 Å². The molecule has 0 saturated heterocycles. The number of pyridine rings is 1. The molecule has 1 N–H and O–H groups in total. The molecule has 0 aromatic carbocycles. The molecule has 0 saturated carbocycles. The van der Waals surface area contributed by atoms with Gasteiger partial charge in [0.2, 0.25) is 0 Å². The molecule has 2 aromatic heterocycles. The van der Waals surface area contributed by atoms with Crippen molar-refractivity contribution >= 4 is 33.5 Å². The first-order chi connectivity index (χ1) is 8.81. The maximum absolute atomic E-state index is 4.27. The predicted octanol–water partition coefficient (Wildman–Crippen LogP) is 3.61. The monoisotopic (exact) mass is 324 g/mol. The highest BCUT2D eigenvalue weighted by Crippen LogP contribution is 2.33. The fourth-order valence-corrected chi connectivity index (χ4v) is 2.63. The summed E-state index contributed by atoms with van der Waals surface area (Å²) in [7, 11) is 0. The lowest BCUT2D eigenvalue weighted by molar-refractivity contribution is 0.945. The molecule has 2 aromatic rings. The minimum absolute atomic E-state index is 0.824. The van der Waals surface area contributed by atoms with E-state index in [2.05, 4.69) is 43.1 Å². The summed E-state index contributed by atoms with van der Waals surface area (Å²) in [6, 6.07) is 5.81. The van der Waals surface area contributed by atoms with Crippen LogP contribution < -0.4 is 5.32 Å². The van der Waals surface area contributed by atoms with Crippen LogP contribution in [0.4, 0.5) is 5.82 Å². The van der Waals surface area contributed by atoms with Crippen molar-refractivity contribution in [2.24, 2.45) is 0 Å². The molecule has 6 heteroatoms. The highest BCUT2D eigenvalue weighted by Gasteiger charge is 2.10. The maximum Gasteiger partial charge on any atom is 0.144 e. The zero-order chi connectivity index (χ0) is 12.8. The minimum Gasteiger partial charge on any atom is -0.369 e. The van der Waals surface area contributed by atoms with E-state index in [9.17, 15) is 0 Å². The van der Waals surface area contributed by atoms with Crippen LogP contribution in [0.5, 0.6) is 0 Å². The first-order valence-corrected chi connectivity index (χ1v) is 7.25. The van der Waals surface area contributed by atoms with Gasteiger partial charge in [-0.15, -0.1) is 0 Å². The van der Waals surface area contributed by atoms with Crippen LogP contribution in [0.25, 0.3) is 0 Å². The molecule has 0 unspecified atom stereocenters. The molecule has 0 aliphatic carbocycles. The summed E-state index contributed by atoms with van der Waals surface area (Å²) in [6.45, 7) is 3.01. The van der Waals surface area contributed by atoms with Crippen LogP contribution in [0.15, 0.2) is 45.2 Å². The largest absolute Gasteiger partial charge is 0.369 e. The number of hydrogen-bond donors (Lipinski definition) is 1. The Kier molecular flexibility index (Phi) is 4.95. The van der Waals surface area contributed by atoms with Gasteiger partial charge in [-0.05, 0) is 46.2 Å². The van der Waals surface area contributed by atoms with Crippen molar-refractivity contribution in [1.29, 1.82) is 0 Å². The van der Waals surface area contributed by atoms with Gasteiger partial charge in [0.25, 0.3) is 0 Å². The Morgan fingerprint density at radius 2 is 2.17 bits per heavy atom. The van der Waals surface area contributed by atoms with E-state index in [1.165, 1.54) is 11.8 Å². The van der Waals surface area contributed by atoms with Crippen LogP contribution in [0.1, 0.15) is 13.3 Å². The molecule has 0 spiro atoms. The van der Waals surface area contributed by atoms with Crippen LogP contribution >= 0.6 is 27.7 Å². The van der Waals surface area contributed by atoms with Crippen molar-refractivity contribution in [1.82, 2.24) is 15.0 Å². The summed E-state index contributed by atoms with van der Waals surface area (Å²) in [4.78, 5) is 12.8. The van der Waals surface area contributed by atoms with Crippen LogP contribution in [0.2, 0.25) is 0 Å². The second-order valence-electron chi connectivity index (χ2n) is 3.54. The third-order valence-electron chi connectivity index (χ3n) is 2.14. The summed E-state index contributed by atoms with van der Waals surface area (Å²) in [5, 5.41) is 5.04. The second-order valence-corrected chi connectivity index (χ2v) is 5.34. The Morgan fingerprint density at radius 1 is 1.28 bits per heavy atom. The Labute approximate surface area is 119 Å². The SMILES string of the molecule is CCCNc1ncnc(Sc2ccccn2)c1Br. The van der Waals surface area contributed by atoms with Gasteiger partial charge >= 0.3 is 0 Å². The van der Waals surface area contributed by atoms with Crippen molar-refractivity contribution in [3.8, 4) is 0 Å². The van der Waals surface area contributed by atoms with E-state index in [-0.39, 0.29) is 0 Å². The lowest BCUT2D eigenvalue weighted by Crippen LogP contribution is -2.03. The number of aromatic nitrogens is 3. The van der Waals surface area contributed by atoms with Gasteiger partial charge in [-0.2, -0.15) is 0 Å². The Balaban J connectivity index is 2.18. The molecule has 2 rings (SSSR count). The van der Waals surface area contributed by atoms with Gasteiger partial charge < -0.3 is 5.32 Å². The second kappa shape index (κ2) is 6.70. The maximum atomic E-state index is 4.27. The predicted molar refractivity (Wildman–Crippen MR) is 76.9 cm³/mol. The van der Waals surface area contributed by atoms with Gasteiger partial charge in [-0.25, -0.2) is 15.0 Å². The third-order valence-corrected chi connectivity index (χ3v) is 4.11. The Hall–Kier alpha value is -1.14. The molecule has 2 heterocycles. The quantitative estimate of drug-likeness (QED) is 0.851. The molecule has 0 amide bonds. The van der Waals surface area contributed by atoms with E-state index in [1.807, 2.05) is 18.2 Å². The smallest absolute Gasteiger partial charge is 0.144 e. The minimum atomic E-state index is 0.824. The lowest BCUT2D eigenvalue weighted by Gasteiger charge is -2.08. The third kappa shape index (κ3) is 3.43. The molecule has 94 valence electrons. The number of nitrogens with zero attached hydrogens (tertiary/aromatic N) is 3. The molecule has 0 fully saturated rings. The van der Waals surface area contributed by atoms with E-state index in [1.54, 1.807) is 12.5 Å². The molecule has 0 bridgehead atoms. The summed E-state index contributed by atoms with van der Waals surface area (Å²) < 4.78 is 0.883. The highest BCUT2D eigenvalue weighted by atomic mass is 79.9. The van der Waals surface area contributed by atoms with E-state index in [0.29, 0.717) is 0 Å². The van der Waals surface area contributed by atoms with Gasteiger partial charge in [-0.3, -0.25) is 0 Å².